The number of aromatic nitrogens is 2. The van der Waals surface area contributed by atoms with Gasteiger partial charge < -0.3 is 14.9 Å². The smallest absolute Gasteiger partial charge is 0.326 e. The molecule has 146 valence electrons. The van der Waals surface area contributed by atoms with Gasteiger partial charge in [0, 0.05) is 37.4 Å². The molecule has 2 aliphatic heterocycles. The number of carboxylic acid groups (broad SMARTS) is 1. The Morgan fingerprint density at radius 3 is 2.52 bits per heavy atom. The Labute approximate surface area is 158 Å². The minimum atomic E-state index is -0.950. The third kappa shape index (κ3) is 3.44. The first-order valence-corrected chi connectivity index (χ1v) is 9.68. The van der Waals surface area contributed by atoms with Gasteiger partial charge in [0.05, 0.1) is 0 Å². The number of hydrogen-bond acceptors (Lipinski definition) is 4. The second-order valence-corrected chi connectivity index (χ2v) is 8.31. The van der Waals surface area contributed by atoms with Crippen LogP contribution in [0.15, 0.2) is 12.3 Å². The Hall–Kier alpha value is -2.38. The summed E-state index contributed by atoms with van der Waals surface area (Å²) in [6, 6.07) is 1.03. The van der Waals surface area contributed by atoms with E-state index in [0.717, 1.165) is 31.4 Å². The van der Waals surface area contributed by atoms with E-state index in [2.05, 4.69) is 5.10 Å². The molecule has 1 saturated carbocycles. The first kappa shape index (κ1) is 18.0. The Morgan fingerprint density at radius 2 is 1.96 bits per heavy atom. The Balaban J connectivity index is 1.44. The average molecular weight is 374 g/mol. The number of carbonyl (C=O) groups excluding carboxylic acids is 2. The highest BCUT2D eigenvalue weighted by Crippen LogP contribution is 2.44. The highest BCUT2D eigenvalue weighted by atomic mass is 16.4. The molecule has 2 saturated heterocycles. The minimum absolute atomic E-state index is 0.0605. The Morgan fingerprint density at radius 1 is 1.26 bits per heavy atom. The topological polar surface area (TPSA) is 95.7 Å². The van der Waals surface area contributed by atoms with E-state index >= 15 is 0 Å². The normalized spacial score (nSPS) is 24.4. The third-order valence-electron chi connectivity index (χ3n) is 6.39. The number of likely N-dealkylation sites (tertiary alicyclic amines) is 2. The van der Waals surface area contributed by atoms with Gasteiger partial charge in [-0.15, -0.1) is 0 Å². The fourth-order valence-electron chi connectivity index (χ4n) is 4.47. The highest BCUT2D eigenvalue weighted by Gasteiger charge is 2.50. The zero-order valence-corrected chi connectivity index (χ0v) is 15.6. The first-order chi connectivity index (χ1) is 12.9. The number of amides is 2. The number of aryl methyl sites for hydroxylation is 1. The molecule has 3 fully saturated rings. The highest BCUT2D eigenvalue weighted by molar-refractivity contribution is 5.84. The molecule has 3 aliphatic rings. The summed E-state index contributed by atoms with van der Waals surface area (Å²) in [5, 5.41) is 13.8. The fourth-order valence-corrected chi connectivity index (χ4v) is 4.47. The van der Waals surface area contributed by atoms with Gasteiger partial charge >= 0.3 is 5.97 Å². The van der Waals surface area contributed by atoms with Crippen molar-refractivity contribution in [2.75, 3.05) is 19.6 Å². The SMILES string of the molecule is Cc1ccnn1CC(=O)N1CC2(CCN(C(=O)C3CC3)CC2)CC1C(=O)O. The summed E-state index contributed by atoms with van der Waals surface area (Å²) < 4.78 is 1.60. The summed E-state index contributed by atoms with van der Waals surface area (Å²) in [7, 11) is 0. The fraction of sp³-hybridized carbons (Fsp3) is 0.684. The zero-order chi connectivity index (χ0) is 19.2. The van der Waals surface area contributed by atoms with Crippen molar-refractivity contribution in [3.63, 3.8) is 0 Å². The lowest BCUT2D eigenvalue weighted by molar-refractivity contribution is -0.148. The molecule has 1 aromatic heterocycles. The van der Waals surface area contributed by atoms with Gasteiger partial charge in [0.25, 0.3) is 0 Å². The summed E-state index contributed by atoms with van der Waals surface area (Å²) in [5.41, 5.74) is 0.675. The van der Waals surface area contributed by atoms with Gasteiger partial charge in [-0.05, 0) is 50.5 Å². The predicted octanol–water partition coefficient (Wildman–Crippen LogP) is 0.896. The van der Waals surface area contributed by atoms with Gasteiger partial charge in [0.1, 0.15) is 12.6 Å². The molecule has 2 amide bonds. The number of aliphatic carboxylic acids is 1. The maximum absolute atomic E-state index is 12.8. The molecular weight excluding hydrogens is 348 g/mol. The molecule has 1 aliphatic carbocycles. The number of piperidine rings is 1. The molecule has 8 heteroatoms. The number of rotatable bonds is 4. The largest absolute Gasteiger partial charge is 0.480 e. The van der Waals surface area contributed by atoms with Crippen LogP contribution in [0.3, 0.4) is 0 Å². The van der Waals surface area contributed by atoms with E-state index in [1.807, 2.05) is 17.9 Å². The van der Waals surface area contributed by atoms with Crippen LogP contribution in [0.4, 0.5) is 0 Å². The molecule has 1 spiro atoms. The lowest BCUT2D eigenvalue weighted by atomic mass is 9.76. The van der Waals surface area contributed by atoms with Crippen LogP contribution in [0, 0.1) is 18.3 Å². The molecule has 1 atom stereocenters. The molecule has 3 heterocycles. The minimum Gasteiger partial charge on any atom is -0.480 e. The van der Waals surface area contributed by atoms with E-state index in [4.69, 9.17) is 0 Å². The van der Waals surface area contributed by atoms with Crippen molar-refractivity contribution in [2.24, 2.45) is 11.3 Å². The average Bonchev–Trinajstić information content (AvgIpc) is 3.32. The van der Waals surface area contributed by atoms with Crippen LogP contribution in [-0.2, 0) is 20.9 Å². The number of carbonyl (C=O) groups is 3. The molecule has 1 unspecified atom stereocenters. The molecule has 8 nitrogen and oxygen atoms in total. The Kier molecular flexibility index (Phi) is 4.44. The quantitative estimate of drug-likeness (QED) is 0.845. The predicted molar refractivity (Wildman–Crippen MR) is 95.7 cm³/mol. The van der Waals surface area contributed by atoms with Crippen molar-refractivity contribution >= 4 is 17.8 Å². The maximum Gasteiger partial charge on any atom is 0.326 e. The van der Waals surface area contributed by atoms with Gasteiger partial charge in [-0.1, -0.05) is 0 Å². The van der Waals surface area contributed by atoms with E-state index in [0.29, 0.717) is 26.1 Å². The van der Waals surface area contributed by atoms with Crippen LogP contribution in [-0.4, -0.2) is 68.1 Å². The van der Waals surface area contributed by atoms with Crippen LogP contribution in [0.1, 0.15) is 37.8 Å². The van der Waals surface area contributed by atoms with E-state index < -0.39 is 12.0 Å². The second kappa shape index (κ2) is 6.65. The molecule has 27 heavy (non-hydrogen) atoms. The maximum atomic E-state index is 12.8. The van der Waals surface area contributed by atoms with Crippen LogP contribution < -0.4 is 0 Å². The third-order valence-corrected chi connectivity index (χ3v) is 6.39. The lowest BCUT2D eigenvalue weighted by Gasteiger charge is -2.39. The molecule has 1 N–H and O–H groups in total. The van der Waals surface area contributed by atoms with E-state index in [-0.39, 0.29) is 29.7 Å². The second-order valence-electron chi connectivity index (χ2n) is 8.31. The Bertz CT molecular complexity index is 762. The summed E-state index contributed by atoms with van der Waals surface area (Å²) in [6.07, 6.45) is 5.63. The van der Waals surface area contributed by atoms with Crippen molar-refractivity contribution in [1.82, 2.24) is 19.6 Å². The van der Waals surface area contributed by atoms with Crippen molar-refractivity contribution in [3.05, 3.63) is 18.0 Å². The molecule has 1 aromatic rings. The van der Waals surface area contributed by atoms with Gasteiger partial charge in [-0.2, -0.15) is 5.10 Å². The molecule has 0 bridgehead atoms. The van der Waals surface area contributed by atoms with Gasteiger partial charge in [-0.25, -0.2) is 4.79 Å². The van der Waals surface area contributed by atoms with Crippen LogP contribution in [0.25, 0.3) is 0 Å². The van der Waals surface area contributed by atoms with Crippen molar-refractivity contribution in [2.45, 2.75) is 51.6 Å². The van der Waals surface area contributed by atoms with Crippen molar-refractivity contribution in [1.29, 1.82) is 0 Å². The monoisotopic (exact) mass is 374 g/mol. The summed E-state index contributed by atoms with van der Waals surface area (Å²) in [5.74, 6) is -0.694. The lowest BCUT2D eigenvalue weighted by Crippen LogP contribution is -2.45. The van der Waals surface area contributed by atoms with Crippen LogP contribution >= 0.6 is 0 Å². The van der Waals surface area contributed by atoms with E-state index in [1.54, 1.807) is 10.9 Å². The molecule has 0 aromatic carbocycles. The zero-order valence-electron chi connectivity index (χ0n) is 15.6. The van der Waals surface area contributed by atoms with Gasteiger partial charge in [0.15, 0.2) is 0 Å². The number of hydrogen-bond donors (Lipinski definition) is 1. The molecule has 0 radical (unpaired) electrons. The van der Waals surface area contributed by atoms with Crippen molar-refractivity contribution in [3.8, 4) is 0 Å². The summed E-state index contributed by atoms with van der Waals surface area (Å²) in [6.45, 7) is 3.72. The van der Waals surface area contributed by atoms with Crippen LogP contribution in [0.5, 0.6) is 0 Å². The molecular formula is C19H26N4O4. The van der Waals surface area contributed by atoms with Crippen LogP contribution in [0.2, 0.25) is 0 Å². The van der Waals surface area contributed by atoms with E-state index in [1.165, 1.54) is 4.90 Å². The summed E-state index contributed by atoms with van der Waals surface area (Å²) in [4.78, 5) is 40.3. The standard InChI is InChI=1S/C19H26N4O4/c1-13-4-7-20-23(13)11-16(24)22-12-19(10-15(22)18(26)27)5-8-21(9-6-19)17(25)14-2-3-14/h4,7,14-15H,2-3,5-6,8-12H2,1H3,(H,26,27). The first-order valence-electron chi connectivity index (χ1n) is 9.68. The summed E-state index contributed by atoms with van der Waals surface area (Å²) >= 11 is 0. The van der Waals surface area contributed by atoms with Gasteiger partial charge in [0.2, 0.25) is 11.8 Å². The van der Waals surface area contributed by atoms with E-state index in [9.17, 15) is 19.5 Å². The number of nitrogens with zero attached hydrogens (tertiary/aromatic N) is 4. The van der Waals surface area contributed by atoms with Gasteiger partial charge in [-0.3, -0.25) is 14.3 Å². The van der Waals surface area contributed by atoms with Crippen molar-refractivity contribution < 1.29 is 19.5 Å². The molecule has 4 rings (SSSR count). The number of carboxylic acids is 1.